The molecule has 1 aliphatic heterocycles. The lowest BCUT2D eigenvalue weighted by Gasteiger charge is -2.36. The highest BCUT2D eigenvalue weighted by molar-refractivity contribution is 6.04. The van der Waals surface area contributed by atoms with Crippen LogP contribution in [0.15, 0.2) is 36.5 Å². The average molecular weight is 543 g/mol. The monoisotopic (exact) mass is 542 g/mol. The Bertz CT molecular complexity index is 1170. The average Bonchev–Trinajstić information content (AvgIpc) is 3.30. The molecule has 2 amide bonds. The van der Waals surface area contributed by atoms with E-state index in [4.69, 9.17) is 0 Å². The van der Waals surface area contributed by atoms with Crippen LogP contribution >= 0.6 is 0 Å². The number of carbonyl (C=O) groups excluding carboxylic acids is 2. The molecule has 3 unspecified atom stereocenters. The highest BCUT2D eigenvalue weighted by Gasteiger charge is 2.42. The summed E-state index contributed by atoms with van der Waals surface area (Å²) < 4.78 is 27.6. The van der Waals surface area contributed by atoms with E-state index < -0.39 is 36.1 Å². The predicted octanol–water partition coefficient (Wildman–Crippen LogP) is 4.49. The highest BCUT2D eigenvalue weighted by atomic mass is 19.3. The number of hydrogen-bond donors (Lipinski definition) is 3. The zero-order valence-electron chi connectivity index (χ0n) is 23.4. The normalized spacial score (nSPS) is 22.4. The number of aliphatic hydroxyl groups is 1. The molecule has 2 fully saturated rings. The van der Waals surface area contributed by atoms with Crippen LogP contribution in [0.3, 0.4) is 0 Å². The van der Waals surface area contributed by atoms with Crippen molar-refractivity contribution in [3.8, 4) is 0 Å². The van der Waals surface area contributed by atoms with Gasteiger partial charge in [0, 0.05) is 48.6 Å². The van der Waals surface area contributed by atoms with Crippen LogP contribution in [-0.4, -0.2) is 52.6 Å². The van der Waals surface area contributed by atoms with Crippen molar-refractivity contribution < 1.29 is 23.5 Å². The van der Waals surface area contributed by atoms with Gasteiger partial charge in [0.15, 0.2) is 0 Å². The molecule has 212 valence electrons. The zero-order chi connectivity index (χ0) is 28.5. The third-order valence-corrected chi connectivity index (χ3v) is 7.91. The van der Waals surface area contributed by atoms with E-state index in [-0.39, 0.29) is 50.0 Å². The molecule has 9 heteroatoms. The number of anilines is 1. The van der Waals surface area contributed by atoms with Gasteiger partial charge in [-0.15, -0.1) is 0 Å². The van der Waals surface area contributed by atoms with Gasteiger partial charge in [-0.1, -0.05) is 32.9 Å². The second-order valence-corrected chi connectivity index (χ2v) is 12.0. The summed E-state index contributed by atoms with van der Waals surface area (Å²) in [4.78, 5) is 34.2. The molecular formula is C30H40F2N4O3. The van der Waals surface area contributed by atoms with Gasteiger partial charge in [0.1, 0.15) is 6.04 Å². The van der Waals surface area contributed by atoms with E-state index in [1.807, 2.05) is 31.2 Å². The molecule has 0 bridgehead atoms. The van der Waals surface area contributed by atoms with Crippen LogP contribution in [0.2, 0.25) is 0 Å². The zero-order valence-corrected chi connectivity index (χ0v) is 23.4. The fourth-order valence-corrected chi connectivity index (χ4v) is 5.56. The van der Waals surface area contributed by atoms with E-state index in [9.17, 15) is 23.5 Å². The number of benzene rings is 1. The molecule has 3 atom stereocenters. The minimum atomic E-state index is -2.72. The topological polar surface area (TPSA) is 94.6 Å². The van der Waals surface area contributed by atoms with Crippen molar-refractivity contribution in [2.45, 2.75) is 102 Å². The third-order valence-electron chi connectivity index (χ3n) is 7.91. The Morgan fingerprint density at radius 1 is 1.13 bits per heavy atom. The first-order valence-electron chi connectivity index (χ1n) is 13.7. The second kappa shape index (κ2) is 11.3. The van der Waals surface area contributed by atoms with Crippen molar-refractivity contribution in [3.63, 3.8) is 0 Å². The van der Waals surface area contributed by atoms with E-state index in [2.05, 4.69) is 36.4 Å². The van der Waals surface area contributed by atoms with Crippen LogP contribution in [0.5, 0.6) is 0 Å². The minimum Gasteiger partial charge on any atom is -0.392 e. The quantitative estimate of drug-likeness (QED) is 0.500. The van der Waals surface area contributed by atoms with E-state index in [0.29, 0.717) is 16.9 Å². The minimum absolute atomic E-state index is 0.110. The number of β-amino-alcohol motifs (C(OH)–C–C–N with tert-alkyl or cyclic N) is 1. The van der Waals surface area contributed by atoms with Gasteiger partial charge < -0.3 is 15.7 Å². The number of nitrogens with one attached hydrogen (secondary N) is 2. The van der Waals surface area contributed by atoms with Gasteiger partial charge >= 0.3 is 0 Å². The number of aliphatic hydroxyl groups excluding tert-OH is 1. The van der Waals surface area contributed by atoms with Crippen molar-refractivity contribution >= 4 is 17.5 Å². The smallest absolute Gasteiger partial charge is 0.248 e. The van der Waals surface area contributed by atoms with Crippen LogP contribution in [0, 0.1) is 13.8 Å². The molecule has 2 aromatic rings. The molecule has 0 spiro atoms. The number of aryl methyl sites for hydroxylation is 2. The van der Waals surface area contributed by atoms with Gasteiger partial charge in [-0.25, -0.2) is 8.78 Å². The Morgan fingerprint density at radius 2 is 1.77 bits per heavy atom. The Kier molecular flexibility index (Phi) is 8.42. The number of alkyl halides is 2. The van der Waals surface area contributed by atoms with Gasteiger partial charge in [0.2, 0.25) is 17.7 Å². The number of pyridine rings is 1. The molecule has 1 saturated heterocycles. The molecule has 0 radical (unpaired) electrons. The number of aromatic nitrogens is 1. The molecule has 1 aromatic heterocycles. The molecule has 3 N–H and O–H groups in total. The maximum atomic E-state index is 14.1. The lowest BCUT2D eigenvalue weighted by Crippen LogP contribution is -2.52. The summed E-state index contributed by atoms with van der Waals surface area (Å²) in [7, 11) is 0. The van der Waals surface area contributed by atoms with Gasteiger partial charge in [-0.05, 0) is 67.9 Å². The number of halogens is 2. The third kappa shape index (κ3) is 6.64. The molecule has 2 heterocycles. The predicted molar refractivity (Wildman–Crippen MR) is 147 cm³/mol. The van der Waals surface area contributed by atoms with Gasteiger partial charge in [0.05, 0.1) is 12.1 Å². The van der Waals surface area contributed by atoms with E-state index >= 15 is 0 Å². The summed E-state index contributed by atoms with van der Waals surface area (Å²) in [6.45, 7) is 10.2. The van der Waals surface area contributed by atoms with Crippen molar-refractivity contribution in [1.29, 1.82) is 0 Å². The number of nitrogens with zero attached hydrogens (tertiary/aromatic N) is 2. The molecular weight excluding hydrogens is 502 g/mol. The van der Waals surface area contributed by atoms with Gasteiger partial charge in [0.25, 0.3) is 0 Å². The summed E-state index contributed by atoms with van der Waals surface area (Å²) in [5, 5.41) is 16.2. The molecule has 1 aromatic carbocycles. The van der Waals surface area contributed by atoms with Crippen LogP contribution in [0.1, 0.15) is 81.3 Å². The molecule has 1 saturated carbocycles. The van der Waals surface area contributed by atoms with E-state index in [1.165, 1.54) is 4.90 Å². The van der Waals surface area contributed by atoms with Crippen LogP contribution < -0.4 is 15.5 Å². The maximum absolute atomic E-state index is 14.1. The standard InChI is InChI=1S/C30H40F2N4O3/c1-18-12-15-33-19(2)25(18)26(27(38)35-21-10-13-30(31,32)14-11-21)36(28(39)24-16-23(37)17-34-24)22-8-6-20(7-9-22)29(3,4)5/h6-9,12,15,21,23-24,26,34,37H,10-11,13-14,16-17H2,1-5H3,(H,35,38). The largest absolute Gasteiger partial charge is 0.392 e. The van der Waals surface area contributed by atoms with Crippen molar-refractivity contribution in [2.24, 2.45) is 0 Å². The molecule has 1 aliphatic carbocycles. The molecule has 39 heavy (non-hydrogen) atoms. The number of carbonyl (C=O) groups is 2. The number of hydrogen-bond acceptors (Lipinski definition) is 5. The van der Waals surface area contributed by atoms with Crippen molar-refractivity contribution in [1.82, 2.24) is 15.6 Å². The lowest BCUT2D eigenvalue weighted by atomic mass is 9.87. The molecule has 7 nitrogen and oxygen atoms in total. The van der Waals surface area contributed by atoms with Gasteiger partial charge in [-0.3, -0.25) is 19.5 Å². The first kappa shape index (κ1) is 29.1. The van der Waals surface area contributed by atoms with Crippen molar-refractivity contribution in [2.75, 3.05) is 11.4 Å². The first-order valence-corrected chi connectivity index (χ1v) is 13.7. The summed E-state index contributed by atoms with van der Waals surface area (Å²) in [6.07, 6.45) is 0.991. The van der Waals surface area contributed by atoms with Crippen molar-refractivity contribution in [3.05, 3.63) is 58.9 Å². The summed E-state index contributed by atoms with van der Waals surface area (Å²) in [6, 6.07) is 7.22. The fourth-order valence-electron chi connectivity index (χ4n) is 5.56. The Labute approximate surface area is 229 Å². The maximum Gasteiger partial charge on any atom is 0.248 e. The molecule has 4 rings (SSSR count). The summed E-state index contributed by atoms with van der Waals surface area (Å²) >= 11 is 0. The SMILES string of the molecule is Cc1ccnc(C)c1C(C(=O)NC1CCC(F)(F)CC1)N(C(=O)C1CC(O)CN1)c1ccc(C(C)(C)C)cc1. The first-order chi connectivity index (χ1) is 18.3. The van der Waals surface area contributed by atoms with E-state index in [0.717, 1.165) is 11.1 Å². The Balaban J connectivity index is 1.79. The Hall–Kier alpha value is -2.91. The van der Waals surface area contributed by atoms with Crippen LogP contribution in [-0.2, 0) is 15.0 Å². The highest BCUT2D eigenvalue weighted by Crippen LogP contribution is 2.36. The fraction of sp³-hybridized carbons (Fsp3) is 0.567. The van der Waals surface area contributed by atoms with Crippen LogP contribution in [0.25, 0.3) is 0 Å². The summed E-state index contributed by atoms with van der Waals surface area (Å²) in [5.74, 6) is -3.49. The second-order valence-electron chi connectivity index (χ2n) is 12.0. The lowest BCUT2D eigenvalue weighted by molar-refractivity contribution is -0.128. The number of rotatable bonds is 6. The Morgan fingerprint density at radius 3 is 2.31 bits per heavy atom. The summed E-state index contributed by atoms with van der Waals surface area (Å²) in [5.41, 5.74) is 3.50. The van der Waals surface area contributed by atoms with E-state index in [1.54, 1.807) is 19.2 Å². The van der Waals surface area contributed by atoms with Gasteiger partial charge in [-0.2, -0.15) is 0 Å². The molecule has 2 aliphatic rings. The van der Waals surface area contributed by atoms with Crippen LogP contribution in [0.4, 0.5) is 14.5 Å². The number of amides is 2.